The van der Waals surface area contributed by atoms with Crippen LogP contribution in [0.3, 0.4) is 0 Å². The lowest BCUT2D eigenvalue weighted by atomic mass is 9.87. The van der Waals surface area contributed by atoms with E-state index in [4.69, 9.17) is 9.84 Å². The molecule has 0 spiro atoms. The van der Waals surface area contributed by atoms with Gasteiger partial charge in [-0.25, -0.2) is 19.6 Å². The van der Waals surface area contributed by atoms with Gasteiger partial charge in [0.15, 0.2) is 12.3 Å². The molecule has 2 aliphatic rings. The summed E-state index contributed by atoms with van der Waals surface area (Å²) in [6.45, 7) is 0. The van der Waals surface area contributed by atoms with Crippen LogP contribution in [0.1, 0.15) is 31.2 Å². The second-order valence-corrected chi connectivity index (χ2v) is 6.20. The smallest absolute Gasteiger partial charge is 0.327 e. The summed E-state index contributed by atoms with van der Waals surface area (Å²) in [5.74, 6) is 2.89. The molecule has 0 aromatic heterocycles. The van der Waals surface area contributed by atoms with Gasteiger partial charge in [-0.15, -0.1) is 0 Å². The van der Waals surface area contributed by atoms with E-state index in [-0.39, 0.29) is 18.8 Å². The Hall–Kier alpha value is -2.21. The molecule has 1 saturated carbocycles. The molecule has 2 atom stereocenters. The third-order valence-corrected chi connectivity index (χ3v) is 4.25. The summed E-state index contributed by atoms with van der Waals surface area (Å²) in [5.41, 5.74) is 8.43. The first-order valence-electron chi connectivity index (χ1n) is 8.08. The predicted molar refractivity (Wildman–Crippen MR) is 85.5 cm³/mol. The highest BCUT2D eigenvalue weighted by Gasteiger charge is 2.35. The topological polar surface area (TPSA) is 82.6 Å². The maximum absolute atomic E-state index is 13.2. The number of carboxylic acids is 1. The van der Waals surface area contributed by atoms with Gasteiger partial charge < -0.3 is 9.84 Å². The molecule has 6 nitrogen and oxygen atoms in total. The number of hydrazine groups is 2. The fraction of sp³-hybridized carbons (Fsp3) is 0.471. The first kappa shape index (κ1) is 17.6. The minimum Gasteiger partial charge on any atom is -0.480 e. The molecule has 1 saturated heterocycles. The number of alkyl halides is 2. The lowest BCUT2D eigenvalue weighted by Gasteiger charge is -2.24. The maximum atomic E-state index is 13.2. The number of aliphatic carboxylic acids is 1. The summed E-state index contributed by atoms with van der Waals surface area (Å²) in [6.07, 6.45) is -0.195. The number of benzene rings is 1. The molecule has 1 aromatic rings. The van der Waals surface area contributed by atoms with Crippen molar-refractivity contribution in [1.29, 1.82) is 0 Å². The van der Waals surface area contributed by atoms with Gasteiger partial charge in [-0.05, 0) is 31.0 Å². The summed E-state index contributed by atoms with van der Waals surface area (Å²) in [6, 6.07) is 6.01. The molecule has 0 bridgehead atoms. The van der Waals surface area contributed by atoms with Crippen molar-refractivity contribution in [3.63, 3.8) is 0 Å². The number of halogens is 2. The number of nitrogens with one attached hydrogen (secondary N) is 3. The Morgan fingerprint density at radius 2 is 2.04 bits per heavy atom. The molecule has 1 heterocycles. The molecule has 3 rings (SSSR count). The van der Waals surface area contributed by atoms with Crippen LogP contribution in [-0.2, 0) is 4.79 Å². The predicted octanol–water partition coefficient (Wildman–Crippen LogP) is 1.63. The van der Waals surface area contributed by atoms with Crippen molar-refractivity contribution in [2.24, 2.45) is 5.92 Å². The largest absolute Gasteiger partial charge is 0.480 e. The Kier molecular flexibility index (Phi) is 5.18. The molecular weight excluding hydrogens is 332 g/mol. The van der Waals surface area contributed by atoms with E-state index < -0.39 is 24.2 Å². The third-order valence-electron chi connectivity index (χ3n) is 4.25. The minimum atomic E-state index is -2.55. The van der Waals surface area contributed by atoms with Crippen molar-refractivity contribution >= 4 is 5.97 Å². The quantitative estimate of drug-likeness (QED) is 0.620. The Morgan fingerprint density at radius 3 is 2.76 bits per heavy atom. The number of hydrogen-bond acceptors (Lipinski definition) is 5. The van der Waals surface area contributed by atoms with Crippen molar-refractivity contribution in [2.75, 3.05) is 0 Å². The van der Waals surface area contributed by atoms with E-state index in [2.05, 4.69) is 28.2 Å². The van der Waals surface area contributed by atoms with Gasteiger partial charge in [-0.1, -0.05) is 17.9 Å². The molecule has 8 heteroatoms. The minimum absolute atomic E-state index is 0.0227. The van der Waals surface area contributed by atoms with Gasteiger partial charge >= 0.3 is 5.97 Å². The number of ether oxygens (including phenoxy) is 1. The van der Waals surface area contributed by atoms with Crippen LogP contribution in [0.25, 0.3) is 0 Å². The van der Waals surface area contributed by atoms with E-state index >= 15 is 0 Å². The van der Waals surface area contributed by atoms with Crippen molar-refractivity contribution in [2.45, 2.75) is 43.9 Å². The average Bonchev–Trinajstić information content (AvgIpc) is 3.03. The van der Waals surface area contributed by atoms with Gasteiger partial charge in [0.1, 0.15) is 5.75 Å². The normalized spacial score (nSPS) is 25.8. The van der Waals surface area contributed by atoms with E-state index in [1.54, 1.807) is 24.3 Å². The molecular formula is C17H19F2N3O3. The van der Waals surface area contributed by atoms with Gasteiger partial charge in [0.05, 0.1) is 0 Å². The van der Waals surface area contributed by atoms with Gasteiger partial charge in [-0.3, -0.25) is 4.79 Å². The number of hydrogen-bond donors (Lipinski definition) is 4. The van der Waals surface area contributed by atoms with Crippen LogP contribution in [0, 0.1) is 17.8 Å². The van der Waals surface area contributed by atoms with E-state index in [9.17, 15) is 13.6 Å². The zero-order valence-corrected chi connectivity index (χ0v) is 13.4. The molecule has 0 radical (unpaired) electrons. The second-order valence-electron chi connectivity index (χ2n) is 6.20. The standard InChI is InChI=1S/C17H19F2N3O3/c18-17(19)8-6-11(7-9-17)4-5-12-2-1-3-13(10-12)25-15-14(16(23)24)20-22-21-15/h1-3,10-11,14-15,20-22H,6-9H2,(H,23,24). The van der Waals surface area contributed by atoms with Gasteiger partial charge in [0.2, 0.25) is 5.92 Å². The average molecular weight is 351 g/mol. The Labute approximate surface area is 143 Å². The molecule has 1 aliphatic carbocycles. The van der Waals surface area contributed by atoms with E-state index in [0.29, 0.717) is 24.2 Å². The highest BCUT2D eigenvalue weighted by Crippen LogP contribution is 2.35. The van der Waals surface area contributed by atoms with Gasteiger partial charge in [0.25, 0.3) is 0 Å². The van der Waals surface area contributed by atoms with Crippen molar-refractivity contribution in [3.05, 3.63) is 29.8 Å². The fourth-order valence-electron chi connectivity index (χ4n) is 2.80. The summed E-state index contributed by atoms with van der Waals surface area (Å²) in [7, 11) is 0. The SMILES string of the molecule is O=C(O)C1NNNC1Oc1cccc(C#CC2CCC(F)(F)CC2)c1. The first-order valence-corrected chi connectivity index (χ1v) is 8.08. The summed E-state index contributed by atoms with van der Waals surface area (Å²) in [4.78, 5) is 11.1. The molecule has 2 unspecified atom stereocenters. The van der Waals surface area contributed by atoms with E-state index in [1.807, 2.05) is 0 Å². The van der Waals surface area contributed by atoms with Crippen LogP contribution in [0.2, 0.25) is 0 Å². The van der Waals surface area contributed by atoms with E-state index in [0.717, 1.165) is 0 Å². The molecule has 25 heavy (non-hydrogen) atoms. The monoisotopic (exact) mass is 351 g/mol. The number of carbonyl (C=O) groups is 1. The van der Waals surface area contributed by atoms with Crippen LogP contribution < -0.4 is 21.1 Å². The van der Waals surface area contributed by atoms with Crippen molar-refractivity contribution in [3.8, 4) is 17.6 Å². The second kappa shape index (κ2) is 7.35. The Balaban J connectivity index is 1.63. The molecule has 1 aromatic carbocycles. The van der Waals surface area contributed by atoms with Gasteiger partial charge in [0, 0.05) is 24.3 Å². The lowest BCUT2D eigenvalue weighted by Crippen LogP contribution is -2.44. The molecule has 1 aliphatic heterocycles. The summed E-state index contributed by atoms with van der Waals surface area (Å²) in [5, 5.41) is 9.08. The number of rotatable bonds is 3. The highest BCUT2D eigenvalue weighted by atomic mass is 19.3. The molecule has 2 fully saturated rings. The van der Waals surface area contributed by atoms with Crippen LogP contribution in [0.4, 0.5) is 8.78 Å². The first-order chi connectivity index (χ1) is 11.9. The highest BCUT2D eigenvalue weighted by molar-refractivity contribution is 5.74. The van der Waals surface area contributed by atoms with Crippen LogP contribution in [-0.4, -0.2) is 29.3 Å². The zero-order valence-electron chi connectivity index (χ0n) is 13.4. The molecule has 134 valence electrons. The Bertz CT molecular complexity index is 692. The molecule has 0 amide bonds. The number of carboxylic acid groups (broad SMARTS) is 1. The summed E-state index contributed by atoms with van der Waals surface area (Å²) < 4.78 is 31.9. The molecule has 4 N–H and O–H groups in total. The van der Waals surface area contributed by atoms with Crippen LogP contribution >= 0.6 is 0 Å². The fourth-order valence-corrected chi connectivity index (χ4v) is 2.80. The Morgan fingerprint density at radius 1 is 1.28 bits per heavy atom. The zero-order chi connectivity index (χ0) is 17.9. The summed E-state index contributed by atoms with van der Waals surface area (Å²) >= 11 is 0. The van der Waals surface area contributed by atoms with Crippen molar-refractivity contribution < 1.29 is 23.4 Å². The third kappa shape index (κ3) is 4.66. The van der Waals surface area contributed by atoms with E-state index in [1.165, 1.54) is 0 Å². The van der Waals surface area contributed by atoms with Crippen LogP contribution in [0.5, 0.6) is 5.75 Å². The lowest BCUT2D eigenvalue weighted by molar-refractivity contribution is -0.141. The maximum Gasteiger partial charge on any atom is 0.327 e. The van der Waals surface area contributed by atoms with Crippen LogP contribution in [0.15, 0.2) is 24.3 Å². The van der Waals surface area contributed by atoms with Gasteiger partial charge in [-0.2, -0.15) is 5.53 Å². The van der Waals surface area contributed by atoms with Crippen molar-refractivity contribution in [1.82, 2.24) is 16.4 Å².